The van der Waals surface area contributed by atoms with Crippen LogP contribution < -0.4 is 20.8 Å². The Kier molecular flexibility index (Phi) is 6.76. The zero-order valence-electron chi connectivity index (χ0n) is 14.0. The Morgan fingerprint density at radius 2 is 1.12 bits per heavy atom. The quantitative estimate of drug-likeness (QED) is 0.623. The molecule has 2 aromatic carbocycles. The summed E-state index contributed by atoms with van der Waals surface area (Å²) in [6.07, 6.45) is 0. The lowest BCUT2D eigenvalue weighted by atomic mass is 10.3. The standard InChI is InChI=1S/C17H20N4O4/c1-18-16(22)20(14-9-5-3-6-10-14)24-13-25-21(17(23)19-2)15-11-7-4-8-12-15/h3-12H,13H2,1-2H3,(H,18,22)(H,19,23). The van der Waals surface area contributed by atoms with Crippen LogP contribution in [-0.4, -0.2) is 33.0 Å². The third-order valence-electron chi connectivity index (χ3n) is 3.14. The molecule has 0 aliphatic carbocycles. The van der Waals surface area contributed by atoms with Crippen LogP contribution in [0.15, 0.2) is 60.7 Å². The minimum Gasteiger partial charge on any atom is -0.339 e. The van der Waals surface area contributed by atoms with Crippen molar-refractivity contribution < 1.29 is 19.3 Å². The molecule has 0 heterocycles. The van der Waals surface area contributed by atoms with Crippen LogP contribution in [-0.2, 0) is 9.68 Å². The molecule has 0 unspecified atom stereocenters. The predicted molar refractivity (Wildman–Crippen MR) is 93.8 cm³/mol. The smallest absolute Gasteiger partial charge is 0.339 e. The molecule has 0 saturated carbocycles. The Morgan fingerprint density at radius 1 is 0.760 bits per heavy atom. The highest BCUT2D eigenvalue weighted by Gasteiger charge is 2.19. The van der Waals surface area contributed by atoms with Crippen LogP contribution in [0.3, 0.4) is 0 Å². The Labute approximate surface area is 145 Å². The van der Waals surface area contributed by atoms with Crippen molar-refractivity contribution in [2.75, 3.05) is 31.0 Å². The number of carbonyl (C=O) groups is 2. The molecule has 4 amide bonds. The number of carbonyl (C=O) groups excluding carboxylic acids is 2. The van der Waals surface area contributed by atoms with Crippen molar-refractivity contribution in [2.24, 2.45) is 0 Å². The van der Waals surface area contributed by atoms with Crippen molar-refractivity contribution in [3.8, 4) is 0 Å². The number of urea groups is 2. The topological polar surface area (TPSA) is 83.1 Å². The fourth-order valence-corrected chi connectivity index (χ4v) is 1.96. The van der Waals surface area contributed by atoms with Crippen LogP contribution in [0.25, 0.3) is 0 Å². The summed E-state index contributed by atoms with van der Waals surface area (Å²) in [5, 5.41) is 7.06. The van der Waals surface area contributed by atoms with Gasteiger partial charge in [0.25, 0.3) is 0 Å². The fraction of sp³-hybridized carbons (Fsp3) is 0.176. The lowest BCUT2D eigenvalue weighted by Crippen LogP contribution is -2.42. The highest BCUT2D eigenvalue weighted by Crippen LogP contribution is 2.16. The van der Waals surface area contributed by atoms with E-state index in [1.54, 1.807) is 48.5 Å². The predicted octanol–water partition coefficient (Wildman–Crippen LogP) is 2.50. The maximum Gasteiger partial charge on any atom is 0.345 e. The zero-order valence-corrected chi connectivity index (χ0v) is 14.0. The van der Waals surface area contributed by atoms with Crippen LogP contribution in [0.2, 0.25) is 0 Å². The van der Waals surface area contributed by atoms with Gasteiger partial charge < -0.3 is 10.6 Å². The molecule has 8 nitrogen and oxygen atoms in total. The first-order chi connectivity index (χ1) is 12.2. The minimum absolute atomic E-state index is 0.357. The third kappa shape index (κ3) is 4.93. The molecule has 2 aromatic rings. The second-order valence-electron chi connectivity index (χ2n) is 4.75. The molecule has 8 heteroatoms. The molecule has 0 aliphatic rings. The second-order valence-corrected chi connectivity index (χ2v) is 4.75. The zero-order chi connectivity index (χ0) is 18.1. The Bertz CT molecular complexity index is 622. The van der Waals surface area contributed by atoms with Crippen molar-refractivity contribution in [1.82, 2.24) is 10.6 Å². The van der Waals surface area contributed by atoms with E-state index in [2.05, 4.69) is 10.6 Å². The summed E-state index contributed by atoms with van der Waals surface area (Å²) in [5.74, 6) is 0. The minimum atomic E-state index is -0.471. The number of nitrogens with one attached hydrogen (secondary N) is 2. The van der Waals surface area contributed by atoms with Crippen LogP contribution in [0.5, 0.6) is 0 Å². The summed E-state index contributed by atoms with van der Waals surface area (Å²) in [6, 6.07) is 16.6. The Morgan fingerprint density at radius 3 is 1.44 bits per heavy atom. The van der Waals surface area contributed by atoms with Crippen molar-refractivity contribution >= 4 is 23.4 Å². The summed E-state index contributed by atoms with van der Waals surface area (Å²) in [7, 11) is 2.98. The number of rotatable bonds is 6. The van der Waals surface area contributed by atoms with Gasteiger partial charge in [0, 0.05) is 14.1 Å². The molecule has 25 heavy (non-hydrogen) atoms. The van der Waals surface area contributed by atoms with Gasteiger partial charge in [0.05, 0.1) is 11.4 Å². The molecular weight excluding hydrogens is 324 g/mol. The van der Waals surface area contributed by atoms with E-state index in [0.29, 0.717) is 11.4 Å². The summed E-state index contributed by atoms with van der Waals surface area (Å²) in [5.41, 5.74) is 1.05. The van der Waals surface area contributed by atoms with E-state index in [0.717, 1.165) is 10.1 Å². The fourth-order valence-electron chi connectivity index (χ4n) is 1.96. The number of nitrogens with zero attached hydrogens (tertiary/aromatic N) is 2. The van der Waals surface area contributed by atoms with Gasteiger partial charge in [-0.05, 0) is 24.3 Å². The van der Waals surface area contributed by atoms with E-state index in [1.807, 2.05) is 12.1 Å². The van der Waals surface area contributed by atoms with Gasteiger partial charge >= 0.3 is 12.1 Å². The maximum atomic E-state index is 12.0. The van der Waals surface area contributed by atoms with Gasteiger partial charge in [-0.15, -0.1) is 0 Å². The van der Waals surface area contributed by atoms with Crippen molar-refractivity contribution in [1.29, 1.82) is 0 Å². The summed E-state index contributed by atoms with van der Waals surface area (Å²) in [4.78, 5) is 34.8. The lowest BCUT2D eigenvalue weighted by Gasteiger charge is -2.24. The second kappa shape index (κ2) is 9.26. The summed E-state index contributed by atoms with van der Waals surface area (Å²) >= 11 is 0. The number of hydrogen-bond donors (Lipinski definition) is 2. The van der Waals surface area contributed by atoms with E-state index in [4.69, 9.17) is 9.68 Å². The molecule has 0 spiro atoms. The SMILES string of the molecule is CNC(=O)N(OCON(C(=O)NC)c1ccccc1)c1ccccc1. The summed E-state index contributed by atoms with van der Waals surface area (Å²) in [6.45, 7) is -0.357. The van der Waals surface area contributed by atoms with Gasteiger partial charge in [0.2, 0.25) is 6.79 Å². The molecule has 0 atom stereocenters. The number of hydrogen-bond acceptors (Lipinski definition) is 4. The number of anilines is 2. The van der Waals surface area contributed by atoms with E-state index in [1.165, 1.54) is 14.1 Å². The largest absolute Gasteiger partial charge is 0.345 e. The van der Waals surface area contributed by atoms with Gasteiger partial charge in [-0.25, -0.2) is 19.3 Å². The normalized spacial score (nSPS) is 10.0. The average molecular weight is 344 g/mol. The number of benzene rings is 2. The van der Waals surface area contributed by atoms with Crippen LogP contribution in [0.1, 0.15) is 0 Å². The molecule has 2 N–H and O–H groups in total. The van der Waals surface area contributed by atoms with E-state index >= 15 is 0 Å². The van der Waals surface area contributed by atoms with Crippen molar-refractivity contribution in [3.63, 3.8) is 0 Å². The Balaban J connectivity index is 2.06. The first-order valence-corrected chi connectivity index (χ1v) is 7.57. The van der Waals surface area contributed by atoms with E-state index < -0.39 is 12.1 Å². The third-order valence-corrected chi connectivity index (χ3v) is 3.14. The lowest BCUT2D eigenvalue weighted by molar-refractivity contribution is -0.0577. The number of amides is 4. The molecule has 0 aromatic heterocycles. The van der Waals surface area contributed by atoms with E-state index in [9.17, 15) is 9.59 Å². The Hall–Kier alpha value is -3.10. The van der Waals surface area contributed by atoms with Crippen LogP contribution >= 0.6 is 0 Å². The van der Waals surface area contributed by atoms with Gasteiger partial charge in [-0.1, -0.05) is 36.4 Å². The highest BCUT2D eigenvalue weighted by molar-refractivity contribution is 5.90. The van der Waals surface area contributed by atoms with Gasteiger partial charge in [-0.3, -0.25) is 0 Å². The van der Waals surface area contributed by atoms with Crippen LogP contribution in [0.4, 0.5) is 21.0 Å². The molecule has 0 aliphatic heterocycles. The van der Waals surface area contributed by atoms with Crippen molar-refractivity contribution in [3.05, 3.63) is 60.7 Å². The molecule has 0 radical (unpaired) electrons. The first kappa shape index (κ1) is 18.2. The molecule has 0 fully saturated rings. The van der Waals surface area contributed by atoms with Gasteiger partial charge in [-0.2, -0.15) is 10.1 Å². The molecule has 0 saturated heterocycles. The van der Waals surface area contributed by atoms with Crippen molar-refractivity contribution in [2.45, 2.75) is 0 Å². The molecule has 132 valence electrons. The molecule has 0 bridgehead atoms. The number of hydroxylamine groups is 2. The summed E-state index contributed by atoms with van der Waals surface area (Å²) < 4.78 is 0. The maximum absolute atomic E-state index is 12.0. The number of para-hydroxylation sites is 2. The first-order valence-electron chi connectivity index (χ1n) is 7.57. The van der Waals surface area contributed by atoms with E-state index in [-0.39, 0.29) is 6.79 Å². The highest BCUT2D eigenvalue weighted by atomic mass is 16.8. The van der Waals surface area contributed by atoms with Crippen LogP contribution in [0, 0.1) is 0 Å². The molecule has 2 rings (SSSR count). The van der Waals surface area contributed by atoms with Gasteiger partial charge in [0.1, 0.15) is 0 Å². The monoisotopic (exact) mass is 344 g/mol. The molecular formula is C17H20N4O4. The van der Waals surface area contributed by atoms with Gasteiger partial charge in [0.15, 0.2) is 0 Å². The average Bonchev–Trinajstić information content (AvgIpc) is 2.68.